The first-order chi connectivity index (χ1) is 14.6. The quantitative estimate of drug-likeness (QED) is 0.485. The van der Waals surface area contributed by atoms with Gasteiger partial charge >= 0.3 is 0 Å². The summed E-state index contributed by atoms with van der Waals surface area (Å²) in [4.78, 5) is 18.1. The van der Waals surface area contributed by atoms with Crippen LogP contribution in [0.25, 0.3) is 0 Å². The number of aliphatic imine (C=N–C) groups is 1. The van der Waals surface area contributed by atoms with Crippen LogP contribution in [0.1, 0.15) is 42.9 Å². The molecule has 1 amide bonds. The second-order valence-corrected chi connectivity index (χ2v) is 7.81. The lowest BCUT2D eigenvalue weighted by atomic mass is 10.1. The topological polar surface area (TPSA) is 68.8 Å². The minimum Gasteiger partial charge on any atom is -0.352 e. The number of nitrogens with one attached hydrogen (secondary N) is 3. The van der Waals surface area contributed by atoms with E-state index < -0.39 is 0 Å². The maximum atomic E-state index is 11.2. The van der Waals surface area contributed by atoms with Gasteiger partial charge in [-0.2, -0.15) is 0 Å². The van der Waals surface area contributed by atoms with Crippen LogP contribution in [0.3, 0.4) is 0 Å². The fraction of sp³-hybridized carbons (Fsp3) is 0.417. The fourth-order valence-corrected chi connectivity index (χ4v) is 3.69. The van der Waals surface area contributed by atoms with Crippen molar-refractivity contribution in [3.05, 3.63) is 65.2 Å². The number of nitrogens with zero attached hydrogens (tertiary/aromatic N) is 2. The van der Waals surface area contributed by atoms with Crippen LogP contribution in [0.15, 0.2) is 53.5 Å². The number of benzene rings is 2. The summed E-state index contributed by atoms with van der Waals surface area (Å²) in [7, 11) is 1.77. The maximum absolute atomic E-state index is 11.2. The van der Waals surface area contributed by atoms with E-state index in [1.165, 1.54) is 50.4 Å². The van der Waals surface area contributed by atoms with Crippen molar-refractivity contribution in [3.63, 3.8) is 0 Å². The first-order valence-electron chi connectivity index (χ1n) is 10.7. The van der Waals surface area contributed by atoms with Crippen molar-refractivity contribution in [1.82, 2.24) is 15.5 Å². The number of carbonyl (C=O) groups excluding carboxylic acids is 1. The largest absolute Gasteiger partial charge is 0.352 e. The molecule has 1 fully saturated rings. The summed E-state index contributed by atoms with van der Waals surface area (Å²) in [6.45, 7) is 6.35. The average Bonchev–Trinajstić information content (AvgIpc) is 2.75. The van der Waals surface area contributed by atoms with Crippen molar-refractivity contribution in [2.75, 3.05) is 25.5 Å². The predicted molar refractivity (Wildman–Crippen MR) is 123 cm³/mol. The first-order valence-corrected chi connectivity index (χ1v) is 10.7. The van der Waals surface area contributed by atoms with Gasteiger partial charge in [0.25, 0.3) is 0 Å². The highest BCUT2D eigenvalue weighted by molar-refractivity contribution is 5.88. The number of guanidine groups is 1. The van der Waals surface area contributed by atoms with Crippen molar-refractivity contribution in [2.45, 2.75) is 45.8 Å². The Morgan fingerprint density at radius 3 is 2.27 bits per heavy atom. The van der Waals surface area contributed by atoms with Crippen molar-refractivity contribution < 1.29 is 4.79 Å². The van der Waals surface area contributed by atoms with Crippen LogP contribution in [-0.4, -0.2) is 36.9 Å². The standard InChI is InChI=1S/C24H33N5O/c1-19(30)28-23-8-6-7-22(15-23)17-27-24(25-2)26-16-20-9-11-21(12-10-20)18-29-13-4-3-5-14-29/h6-12,15H,3-5,13-14,16-18H2,1-2H3,(H,28,30)(H2,25,26,27). The van der Waals surface area contributed by atoms with Gasteiger partial charge in [0.05, 0.1) is 0 Å². The van der Waals surface area contributed by atoms with Gasteiger partial charge in [-0.25, -0.2) is 0 Å². The minimum atomic E-state index is -0.0699. The Bertz CT molecular complexity index is 841. The first kappa shape index (κ1) is 21.8. The van der Waals surface area contributed by atoms with Crippen molar-refractivity contribution >= 4 is 17.6 Å². The Balaban J connectivity index is 1.45. The second kappa shape index (κ2) is 11.4. The molecule has 160 valence electrons. The zero-order valence-corrected chi connectivity index (χ0v) is 18.1. The Labute approximate surface area is 179 Å². The number of hydrogen-bond donors (Lipinski definition) is 3. The van der Waals surface area contributed by atoms with E-state index in [4.69, 9.17) is 0 Å². The van der Waals surface area contributed by atoms with Crippen LogP contribution in [0.5, 0.6) is 0 Å². The van der Waals surface area contributed by atoms with E-state index in [0.29, 0.717) is 6.54 Å². The summed E-state index contributed by atoms with van der Waals surface area (Å²) in [5.74, 6) is 0.678. The molecular weight excluding hydrogens is 374 g/mol. The Morgan fingerprint density at radius 1 is 0.933 bits per heavy atom. The van der Waals surface area contributed by atoms with E-state index in [2.05, 4.69) is 50.1 Å². The van der Waals surface area contributed by atoms with Gasteiger partial charge < -0.3 is 16.0 Å². The van der Waals surface area contributed by atoms with Gasteiger partial charge in [0, 0.05) is 39.3 Å². The lowest BCUT2D eigenvalue weighted by molar-refractivity contribution is -0.114. The van der Waals surface area contributed by atoms with Crippen LogP contribution in [0.2, 0.25) is 0 Å². The van der Waals surface area contributed by atoms with E-state index in [1.807, 2.05) is 24.3 Å². The molecule has 2 aromatic rings. The summed E-state index contributed by atoms with van der Waals surface area (Å²) in [6.07, 6.45) is 4.02. The maximum Gasteiger partial charge on any atom is 0.221 e. The highest BCUT2D eigenvalue weighted by Crippen LogP contribution is 2.14. The van der Waals surface area contributed by atoms with Gasteiger partial charge in [-0.15, -0.1) is 0 Å². The molecule has 1 saturated heterocycles. The van der Waals surface area contributed by atoms with Crippen LogP contribution in [0, 0.1) is 0 Å². The van der Waals surface area contributed by atoms with E-state index >= 15 is 0 Å². The van der Waals surface area contributed by atoms with Crippen LogP contribution >= 0.6 is 0 Å². The molecule has 0 aliphatic carbocycles. The summed E-state index contributed by atoms with van der Waals surface area (Å²) in [5.41, 5.74) is 4.48. The Hall–Kier alpha value is -2.86. The lowest BCUT2D eigenvalue weighted by Gasteiger charge is -2.26. The molecule has 30 heavy (non-hydrogen) atoms. The van der Waals surface area contributed by atoms with Crippen LogP contribution < -0.4 is 16.0 Å². The number of carbonyl (C=O) groups is 1. The molecule has 1 heterocycles. The second-order valence-electron chi connectivity index (χ2n) is 7.81. The molecular formula is C24H33N5O. The Morgan fingerprint density at radius 2 is 1.60 bits per heavy atom. The molecule has 0 bridgehead atoms. The fourth-order valence-electron chi connectivity index (χ4n) is 3.69. The lowest BCUT2D eigenvalue weighted by Crippen LogP contribution is -2.36. The molecule has 0 unspecified atom stereocenters. The molecule has 0 atom stereocenters. The molecule has 2 aromatic carbocycles. The van der Waals surface area contributed by atoms with Gasteiger partial charge in [0.15, 0.2) is 5.96 Å². The molecule has 0 spiro atoms. The molecule has 0 radical (unpaired) electrons. The number of hydrogen-bond acceptors (Lipinski definition) is 3. The Kier molecular flexibility index (Phi) is 8.27. The highest BCUT2D eigenvalue weighted by atomic mass is 16.1. The van der Waals surface area contributed by atoms with Gasteiger partial charge in [0.1, 0.15) is 0 Å². The summed E-state index contributed by atoms with van der Waals surface area (Å²) in [5, 5.41) is 9.49. The molecule has 3 N–H and O–H groups in total. The normalized spacial score (nSPS) is 14.9. The summed E-state index contributed by atoms with van der Waals surface area (Å²) >= 11 is 0. The average molecular weight is 408 g/mol. The van der Waals surface area contributed by atoms with E-state index in [0.717, 1.165) is 30.3 Å². The van der Waals surface area contributed by atoms with Crippen molar-refractivity contribution in [3.8, 4) is 0 Å². The number of anilines is 1. The molecule has 1 aliphatic heterocycles. The SMILES string of the molecule is CN=C(NCc1ccc(CN2CCCCC2)cc1)NCc1cccc(NC(C)=O)c1. The third kappa shape index (κ3) is 7.19. The monoisotopic (exact) mass is 407 g/mol. The van der Waals surface area contributed by atoms with Crippen LogP contribution in [0.4, 0.5) is 5.69 Å². The third-order valence-corrected chi connectivity index (χ3v) is 5.27. The number of piperidine rings is 1. The predicted octanol–water partition coefficient (Wildman–Crippen LogP) is 3.50. The zero-order chi connectivity index (χ0) is 21.2. The number of likely N-dealkylation sites (tertiary alicyclic amines) is 1. The molecule has 0 saturated carbocycles. The van der Waals surface area contributed by atoms with Crippen molar-refractivity contribution in [2.24, 2.45) is 4.99 Å². The van der Waals surface area contributed by atoms with Gasteiger partial charge in [0.2, 0.25) is 5.91 Å². The van der Waals surface area contributed by atoms with E-state index in [9.17, 15) is 4.79 Å². The van der Waals surface area contributed by atoms with Gasteiger partial charge in [-0.1, -0.05) is 42.8 Å². The number of amides is 1. The zero-order valence-electron chi connectivity index (χ0n) is 18.1. The number of rotatable bonds is 7. The molecule has 6 nitrogen and oxygen atoms in total. The van der Waals surface area contributed by atoms with Gasteiger partial charge in [-0.3, -0.25) is 14.7 Å². The van der Waals surface area contributed by atoms with Crippen LogP contribution in [-0.2, 0) is 24.4 Å². The molecule has 0 aromatic heterocycles. The van der Waals surface area contributed by atoms with Crippen molar-refractivity contribution in [1.29, 1.82) is 0 Å². The summed E-state index contributed by atoms with van der Waals surface area (Å²) < 4.78 is 0. The minimum absolute atomic E-state index is 0.0699. The molecule has 1 aliphatic rings. The third-order valence-electron chi connectivity index (χ3n) is 5.27. The smallest absolute Gasteiger partial charge is 0.221 e. The molecule has 3 rings (SSSR count). The highest BCUT2D eigenvalue weighted by Gasteiger charge is 2.10. The summed E-state index contributed by atoms with van der Waals surface area (Å²) in [6, 6.07) is 16.6. The van der Waals surface area contributed by atoms with Gasteiger partial charge in [-0.05, 0) is 54.8 Å². The van der Waals surface area contributed by atoms with E-state index in [-0.39, 0.29) is 5.91 Å². The van der Waals surface area contributed by atoms with E-state index in [1.54, 1.807) is 7.05 Å². The molecule has 6 heteroatoms.